The van der Waals surface area contributed by atoms with Crippen molar-refractivity contribution in [3.8, 4) is 0 Å². The first-order valence-corrected chi connectivity index (χ1v) is 8.48. The van der Waals surface area contributed by atoms with Crippen LogP contribution < -0.4 is 0 Å². The van der Waals surface area contributed by atoms with E-state index < -0.39 is 0 Å². The topological polar surface area (TPSA) is 45.2 Å². The van der Waals surface area contributed by atoms with Gasteiger partial charge in [0.2, 0.25) is 0 Å². The zero-order valence-electron chi connectivity index (χ0n) is 14.5. The molecule has 0 bridgehead atoms. The Morgan fingerprint density at radius 2 is 2.00 bits per heavy atom. The van der Waals surface area contributed by atoms with Crippen LogP contribution in [0.25, 0.3) is 10.9 Å². The summed E-state index contributed by atoms with van der Waals surface area (Å²) in [5, 5.41) is 10.8. The van der Waals surface area contributed by atoms with Crippen LogP contribution in [0.3, 0.4) is 0 Å². The summed E-state index contributed by atoms with van der Waals surface area (Å²) in [6, 6.07) is 4.48. The molecule has 0 spiro atoms. The average Bonchev–Trinajstić information content (AvgIpc) is 2.90. The highest BCUT2D eigenvalue weighted by atomic mass is 16.5. The molecule has 0 amide bonds. The molecule has 1 atom stereocenters. The molecular formula is C19H29NO2. The maximum Gasteiger partial charge on any atom is 0.110 e. The van der Waals surface area contributed by atoms with Crippen molar-refractivity contribution in [2.24, 2.45) is 0 Å². The molecule has 122 valence electrons. The van der Waals surface area contributed by atoms with Crippen LogP contribution in [-0.4, -0.2) is 23.3 Å². The molecule has 1 aliphatic rings. The Kier molecular flexibility index (Phi) is 5.30. The minimum Gasteiger partial charge on any atom is -0.396 e. The number of aromatic nitrogens is 1. The molecule has 2 heterocycles. The third-order valence-corrected chi connectivity index (χ3v) is 4.63. The van der Waals surface area contributed by atoms with E-state index in [0.29, 0.717) is 6.42 Å². The summed E-state index contributed by atoms with van der Waals surface area (Å²) in [6.07, 6.45) is 2.48. The number of aryl methyl sites for hydroxylation is 2. The zero-order valence-corrected chi connectivity index (χ0v) is 14.5. The summed E-state index contributed by atoms with van der Waals surface area (Å²) >= 11 is 0. The standard InChI is InChI=1S/C17H23NO2.C2H6/c1-4-17(6-7-19)16-13(5-8-20-17)14-10-11(2)9-12(3)15(14)18-16;1-2/h9-10,18-19H,4-8H2,1-3H3;1-2H3. The second-order valence-electron chi connectivity index (χ2n) is 5.90. The van der Waals surface area contributed by atoms with Gasteiger partial charge in [-0.05, 0) is 43.9 Å². The lowest BCUT2D eigenvalue weighted by Crippen LogP contribution is -2.36. The van der Waals surface area contributed by atoms with Crippen molar-refractivity contribution in [1.82, 2.24) is 4.98 Å². The van der Waals surface area contributed by atoms with Crippen molar-refractivity contribution in [3.63, 3.8) is 0 Å². The number of rotatable bonds is 3. The van der Waals surface area contributed by atoms with E-state index in [9.17, 15) is 5.11 Å². The van der Waals surface area contributed by atoms with E-state index in [0.717, 1.165) is 19.4 Å². The molecule has 0 aliphatic carbocycles. The Hall–Kier alpha value is -1.32. The van der Waals surface area contributed by atoms with Gasteiger partial charge in [0.05, 0.1) is 12.3 Å². The number of benzene rings is 1. The van der Waals surface area contributed by atoms with Gasteiger partial charge in [0.15, 0.2) is 0 Å². The van der Waals surface area contributed by atoms with Gasteiger partial charge < -0.3 is 14.8 Å². The van der Waals surface area contributed by atoms with Crippen molar-refractivity contribution in [1.29, 1.82) is 0 Å². The van der Waals surface area contributed by atoms with Gasteiger partial charge in [-0.25, -0.2) is 0 Å². The first-order valence-electron chi connectivity index (χ1n) is 8.48. The Morgan fingerprint density at radius 1 is 1.27 bits per heavy atom. The van der Waals surface area contributed by atoms with E-state index >= 15 is 0 Å². The van der Waals surface area contributed by atoms with Crippen molar-refractivity contribution in [2.45, 2.75) is 59.5 Å². The third kappa shape index (κ3) is 2.68. The van der Waals surface area contributed by atoms with Crippen molar-refractivity contribution >= 4 is 10.9 Å². The molecule has 3 heteroatoms. The Morgan fingerprint density at radius 3 is 2.64 bits per heavy atom. The van der Waals surface area contributed by atoms with E-state index in [-0.39, 0.29) is 12.2 Å². The molecule has 0 saturated heterocycles. The Labute approximate surface area is 133 Å². The molecule has 0 radical (unpaired) electrons. The maximum atomic E-state index is 9.42. The quantitative estimate of drug-likeness (QED) is 0.884. The summed E-state index contributed by atoms with van der Waals surface area (Å²) in [5.74, 6) is 0. The highest BCUT2D eigenvalue weighted by molar-refractivity contribution is 5.88. The fourth-order valence-electron chi connectivity index (χ4n) is 3.61. The van der Waals surface area contributed by atoms with Crippen LogP contribution in [0.1, 0.15) is 56.0 Å². The van der Waals surface area contributed by atoms with Crippen LogP contribution in [0.5, 0.6) is 0 Å². The number of aliphatic hydroxyl groups is 1. The molecule has 3 nitrogen and oxygen atoms in total. The molecule has 0 saturated carbocycles. The SMILES string of the molecule is CC.CCC1(CCO)OCCc2c1[nH]c1c(C)cc(C)cc21. The predicted molar refractivity (Wildman–Crippen MR) is 92.4 cm³/mol. The van der Waals surface area contributed by atoms with Gasteiger partial charge in [0.25, 0.3) is 0 Å². The van der Waals surface area contributed by atoms with Gasteiger partial charge in [0, 0.05) is 23.9 Å². The lowest BCUT2D eigenvalue weighted by molar-refractivity contribution is -0.0795. The van der Waals surface area contributed by atoms with Gasteiger partial charge in [-0.2, -0.15) is 0 Å². The molecule has 22 heavy (non-hydrogen) atoms. The first kappa shape index (κ1) is 17.0. The van der Waals surface area contributed by atoms with Crippen LogP contribution in [-0.2, 0) is 16.8 Å². The van der Waals surface area contributed by atoms with Crippen molar-refractivity contribution in [2.75, 3.05) is 13.2 Å². The minimum absolute atomic E-state index is 0.153. The number of ether oxygens (including phenoxy) is 1. The summed E-state index contributed by atoms with van der Waals surface area (Å²) in [5.41, 5.74) is 6.02. The molecule has 0 fully saturated rings. The fraction of sp³-hybridized carbons (Fsp3) is 0.579. The number of hydrogen-bond acceptors (Lipinski definition) is 2. The van der Waals surface area contributed by atoms with Gasteiger partial charge in [-0.1, -0.05) is 32.4 Å². The smallest absolute Gasteiger partial charge is 0.110 e. The van der Waals surface area contributed by atoms with Crippen molar-refractivity contribution in [3.05, 3.63) is 34.5 Å². The first-order chi connectivity index (χ1) is 10.6. The Balaban J connectivity index is 0.000000847. The second-order valence-corrected chi connectivity index (χ2v) is 5.90. The number of aromatic amines is 1. The van der Waals surface area contributed by atoms with E-state index in [1.165, 1.54) is 33.3 Å². The van der Waals surface area contributed by atoms with Crippen LogP contribution in [0.2, 0.25) is 0 Å². The summed E-state index contributed by atoms with van der Waals surface area (Å²) in [7, 11) is 0. The number of nitrogens with one attached hydrogen (secondary N) is 1. The molecule has 2 aromatic rings. The molecule has 1 aromatic carbocycles. The Bertz CT molecular complexity index is 644. The molecule has 3 rings (SSSR count). The summed E-state index contributed by atoms with van der Waals surface area (Å²) < 4.78 is 6.09. The zero-order chi connectivity index (χ0) is 16.3. The molecule has 1 aliphatic heterocycles. The van der Waals surface area contributed by atoms with Gasteiger partial charge >= 0.3 is 0 Å². The largest absolute Gasteiger partial charge is 0.396 e. The summed E-state index contributed by atoms with van der Waals surface area (Å²) in [4.78, 5) is 3.60. The number of aliphatic hydroxyl groups excluding tert-OH is 1. The lowest BCUT2D eigenvalue weighted by atomic mass is 9.86. The average molecular weight is 303 g/mol. The van der Waals surface area contributed by atoms with Crippen molar-refractivity contribution < 1.29 is 9.84 Å². The normalized spacial score (nSPS) is 20.5. The molecule has 1 unspecified atom stereocenters. The monoisotopic (exact) mass is 303 g/mol. The molecular weight excluding hydrogens is 274 g/mol. The van der Waals surface area contributed by atoms with Gasteiger partial charge in [0.1, 0.15) is 5.60 Å². The number of H-pyrrole nitrogens is 1. The molecule has 2 N–H and O–H groups in total. The number of hydrogen-bond donors (Lipinski definition) is 2. The predicted octanol–water partition coefficient (Wildman–Crippen LogP) is 4.37. The minimum atomic E-state index is -0.346. The van der Waals surface area contributed by atoms with Crippen LogP contribution in [0.4, 0.5) is 0 Å². The highest BCUT2D eigenvalue weighted by Gasteiger charge is 2.38. The van der Waals surface area contributed by atoms with E-state index in [1.807, 2.05) is 13.8 Å². The van der Waals surface area contributed by atoms with E-state index in [2.05, 4.69) is 37.9 Å². The highest BCUT2D eigenvalue weighted by Crippen LogP contribution is 2.42. The van der Waals surface area contributed by atoms with Crippen LogP contribution in [0.15, 0.2) is 12.1 Å². The van der Waals surface area contributed by atoms with Crippen LogP contribution >= 0.6 is 0 Å². The third-order valence-electron chi connectivity index (χ3n) is 4.63. The number of fused-ring (bicyclic) bond motifs is 3. The second kappa shape index (κ2) is 6.84. The fourth-order valence-corrected chi connectivity index (χ4v) is 3.61. The van der Waals surface area contributed by atoms with E-state index in [1.54, 1.807) is 0 Å². The van der Waals surface area contributed by atoms with Gasteiger partial charge in [-0.15, -0.1) is 0 Å². The van der Waals surface area contributed by atoms with E-state index in [4.69, 9.17) is 4.74 Å². The summed E-state index contributed by atoms with van der Waals surface area (Å²) in [6.45, 7) is 11.3. The lowest BCUT2D eigenvalue weighted by Gasteiger charge is -2.36. The molecule has 1 aromatic heterocycles. The van der Waals surface area contributed by atoms with Crippen LogP contribution in [0, 0.1) is 13.8 Å². The maximum absolute atomic E-state index is 9.42. The van der Waals surface area contributed by atoms with Gasteiger partial charge in [-0.3, -0.25) is 0 Å².